The first-order chi connectivity index (χ1) is 12.3. The predicted molar refractivity (Wildman–Crippen MR) is 102 cm³/mol. The lowest BCUT2D eigenvalue weighted by Crippen LogP contribution is -2.65. The van der Waals surface area contributed by atoms with Gasteiger partial charge in [-0.1, -0.05) is 30.3 Å². The van der Waals surface area contributed by atoms with Crippen LogP contribution in [0.15, 0.2) is 30.3 Å². The Balaban J connectivity index is 1.76. The summed E-state index contributed by atoms with van der Waals surface area (Å²) in [7, 11) is 0. The van der Waals surface area contributed by atoms with E-state index < -0.39 is 17.7 Å². The summed E-state index contributed by atoms with van der Waals surface area (Å²) in [5, 5.41) is 11.1. The Kier molecular flexibility index (Phi) is 5.58. The van der Waals surface area contributed by atoms with Gasteiger partial charge in [0, 0.05) is 12.1 Å². The Morgan fingerprint density at radius 2 is 1.85 bits per heavy atom. The maximum atomic E-state index is 12.9. The molecule has 2 bridgehead atoms. The van der Waals surface area contributed by atoms with Gasteiger partial charge in [0.2, 0.25) is 0 Å². The van der Waals surface area contributed by atoms with Crippen LogP contribution in [-0.2, 0) is 11.2 Å². The maximum absolute atomic E-state index is 12.9. The highest BCUT2D eigenvalue weighted by atomic mass is 16.6. The number of hydrogen-bond acceptors (Lipinski definition) is 4. The molecule has 2 aliphatic heterocycles. The average Bonchev–Trinajstić information content (AvgIpc) is 2.60. The summed E-state index contributed by atoms with van der Waals surface area (Å²) in [6.45, 7) is 5.62. The van der Waals surface area contributed by atoms with Crippen molar-refractivity contribution in [3.05, 3.63) is 35.9 Å². The van der Waals surface area contributed by atoms with Gasteiger partial charge in [-0.3, -0.25) is 4.90 Å². The Morgan fingerprint density at radius 1 is 1.23 bits per heavy atom. The van der Waals surface area contributed by atoms with E-state index in [1.165, 1.54) is 0 Å². The predicted octanol–water partition coefficient (Wildman–Crippen LogP) is 3.10. The van der Waals surface area contributed by atoms with Crippen molar-refractivity contribution in [3.8, 4) is 0 Å². The number of aliphatic hydroxyl groups excluding tert-OH is 1. The number of amides is 1. The quantitative estimate of drug-likeness (QED) is 0.865. The zero-order valence-electron chi connectivity index (χ0n) is 16.1. The number of benzene rings is 1. The highest BCUT2D eigenvalue weighted by Gasteiger charge is 2.49. The lowest BCUT2D eigenvalue weighted by atomic mass is 9.71. The molecule has 4 rings (SSSR count). The maximum Gasteiger partial charge on any atom is 0.410 e. The van der Waals surface area contributed by atoms with Gasteiger partial charge in [-0.15, -0.1) is 0 Å². The molecule has 2 saturated heterocycles. The number of rotatable bonds is 4. The van der Waals surface area contributed by atoms with Gasteiger partial charge in [0.15, 0.2) is 0 Å². The topological polar surface area (TPSA) is 75.8 Å². The Bertz CT molecular complexity index is 605. The second-order valence-corrected chi connectivity index (χ2v) is 8.79. The number of carbonyl (C=O) groups is 1. The van der Waals surface area contributed by atoms with E-state index in [-0.39, 0.29) is 18.2 Å². The highest BCUT2D eigenvalue weighted by molar-refractivity contribution is 5.69. The largest absolute Gasteiger partial charge is 0.444 e. The normalized spacial score (nSPS) is 27.9. The Labute approximate surface area is 156 Å². The van der Waals surface area contributed by atoms with Crippen LogP contribution in [0.4, 0.5) is 4.79 Å². The lowest BCUT2D eigenvalue weighted by Gasteiger charge is -2.53. The number of fused-ring (bicyclic) bond motifs is 3. The van der Waals surface area contributed by atoms with Gasteiger partial charge in [0.1, 0.15) is 5.60 Å². The zero-order chi connectivity index (χ0) is 18.9. The van der Waals surface area contributed by atoms with Gasteiger partial charge in [0.25, 0.3) is 0 Å². The first-order valence-electron chi connectivity index (χ1n) is 9.75. The van der Waals surface area contributed by atoms with Crippen LogP contribution in [0.2, 0.25) is 0 Å². The van der Waals surface area contributed by atoms with Gasteiger partial charge in [0.05, 0.1) is 12.1 Å². The fourth-order valence-corrected chi connectivity index (χ4v) is 4.48. The molecule has 1 aromatic rings. The van der Waals surface area contributed by atoms with Crippen molar-refractivity contribution in [1.82, 2.24) is 4.90 Å². The molecule has 144 valence electrons. The summed E-state index contributed by atoms with van der Waals surface area (Å²) in [4.78, 5) is 14.7. The van der Waals surface area contributed by atoms with Crippen LogP contribution in [0.1, 0.15) is 52.0 Å². The number of ether oxygens (including phenoxy) is 1. The minimum atomic E-state index is -0.754. The van der Waals surface area contributed by atoms with Gasteiger partial charge in [-0.25, -0.2) is 4.79 Å². The summed E-state index contributed by atoms with van der Waals surface area (Å²) in [6, 6.07) is 9.45. The summed E-state index contributed by atoms with van der Waals surface area (Å²) >= 11 is 0. The molecule has 5 heteroatoms. The minimum Gasteiger partial charge on any atom is -0.444 e. The third kappa shape index (κ3) is 4.21. The molecule has 5 nitrogen and oxygen atoms in total. The molecule has 1 aliphatic carbocycles. The Hall–Kier alpha value is -1.59. The molecule has 0 aromatic heterocycles. The number of piperidine rings is 2. The second-order valence-electron chi connectivity index (χ2n) is 8.79. The van der Waals surface area contributed by atoms with Crippen molar-refractivity contribution in [2.45, 2.75) is 82.7 Å². The fourth-order valence-electron chi connectivity index (χ4n) is 4.48. The number of nitrogens with two attached hydrogens (primary N) is 1. The van der Waals surface area contributed by atoms with E-state index in [4.69, 9.17) is 10.5 Å². The number of nitrogens with zero attached hydrogens (tertiary/aromatic N) is 1. The van der Waals surface area contributed by atoms with Gasteiger partial charge >= 0.3 is 6.09 Å². The minimum absolute atomic E-state index is 0.151. The second kappa shape index (κ2) is 7.57. The van der Waals surface area contributed by atoms with Gasteiger partial charge in [-0.2, -0.15) is 0 Å². The van der Waals surface area contributed by atoms with Crippen LogP contribution in [0.25, 0.3) is 0 Å². The average molecular weight is 360 g/mol. The summed E-state index contributed by atoms with van der Waals surface area (Å²) in [5.41, 5.74) is 6.93. The number of aliphatic hydroxyl groups is 1. The molecule has 2 heterocycles. The fraction of sp³-hybridized carbons (Fsp3) is 0.667. The van der Waals surface area contributed by atoms with Crippen LogP contribution in [0.5, 0.6) is 0 Å². The molecular formula is C21H32N2O3. The molecule has 3 aliphatic rings. The third-order valence-electron chi connectivity index (χ3n) is 5.65. The number of hydrogen-bond donors (Lipinski definition) is 2. The molecule has 26 heavy (non-hydrogen) atoms. The van der Waals surface area contributed by atoms with Crippen LogP contribution < -0.4 is 5.73 Å². The standard InChI is InChI=1S/C21H32N2O3/c1-21(2,3)26-20(25)23-16-11-9-15(10-12-16)18(23)19(24)17(22)13-14-7-5-4-6-8-14/h4-8,15-19,24H,9-13,22H2,1-3H3/t15?,16?,17-,18?,19-/m0/s1. The van der Waals surface area contributed by atoms with E-state index in [0.29, 0.717) is 12.3 Å². The Morgan fingerprint density at radius 3 is 2.42 bits per heavy atom. The molecule has 1 saturated carbocycles. The molecular weight excluding hydrogens is 328 g/mol. The van der Waals surface area contributed by atoms with Crippen LogP contribution in [0.3, 0.4) is 0 Å². The summed E-state index contributed by atoms with van der Waals surface area (Å²) in [5.74, 6) is 0.296. The molecule has 3 atom stereocenters. The smallest absolute Gasteiger partial charge is 0.410 e. The van der Waals surface area contributed by atoms with E-state index >= 15 is 0 Å². The van der Waals surface area contributed by atoms with E-state index in [1.54, 1.807) is 4.90 Å². The molecule has 3 fully saturated rings. The monoisotopic (exact) mass is 360 g/mol. The lowest BCUT2D eigenvalue weighted by molar-refractivity contribution is -0.0835. The molecule has 0 spiro atoms. The molecule has 1 unspecified atom stereocenters. The summed E-state index contributed by atoms with van der Waals surface area (Å²) < 4.78 is 5.64. The van der Waals surface area contributed by atoms with Crippen molar-refractivity contribution >= 4 is 6.09 Å². The van der Waals surface area contributed by atoms with Gasteiger partial charge in [-0.05, 0) is 64.4 Å². The molecule has 1 amide bonds. The van der Waals surface area contributed by atoms with Crippen molar-refractivity contribution in [2.75, 3.05) is 0 Å². The van der Waals surface area contributed by atoms with Crippen LogP contribution >= 0.6 is 0 Å². The van der Waals surface area contributed by atoms with Crippen LogP contribution in [-0.4, -0.2) is 45.9 Å². The molecule has 3 N–H and O–H groups in total. The van der Waals surface area contributed by atoms with Crippen molar-refractivity contribution < 1.29 is 14.6 Å². The van der Waals surface area contributed by atoms with Crippen molar-refractivity contribution in [2.24, 2.45) is 11.7 Å². The first kappa shape index (κ1) is 19.2. The van der Waals surface area contributed by atoms with Crippen molar-refractivity contribution in [3.63, 3.8) is 0 Å². The van der Waals surface area contributed by atoms with Crippen LogP contribution in [0, 0.1) is 5.92 Å². The van der Waals surface area contributed by atoms with Gasteiger partial charge < -0.3 is 15.6 Å². The molecule has 1 aromatic carbocycles. The van der Waals surface area contributed by atoms with Crippen molar-refractivity contribution in [1.29, 1.82) is 0 Å². The number of carbonyl (C=O) groups excluding carboxylic acids is 1. The van der Waals surface area contributed by atoms with E-state index in [9.17, 15) is 9.90 Å². The SMILES string of the molecule is CC(C)(C)OC(=O)N1C2CCC(CC2)C1[C@@H](O)[C@@H](N)Cc1ccccc1. The van der Waals surface area contributed by atoms with E-state index in [0.717, 1.165) is 31.2 Å². The highest BCUT2D eigenvalue weighted by Crippen LogP contribution is 2.42. The van der Waals surface area contributed by atoms with E-state index in [2.05, 4.69) is 0 Å². The zero-order valence-corrected chi connectivity index (χ0v) is 16.1. The summed E-state index contributed by atoms with van der Waals surface area (Å²) in [6.07, 6.45) is 3.59. The van der Waals surface area contributed by atoms with E-state index in [1.807, 2.05) is 51.1 Å². The molecule has 0 radical (unpaired) electrons. The third-order valence-corrected chi connectivity index (χ3v) is 5.65. The first-order valence-corrected chi connectivity index (χ1v) is 9.75.